The topological polar surface area (TPSA) is 180 Å². The maximum atomic E-state index is 12.5. The first kappa shape index (κ1) is 21.6. The van der Waals surface area contributed by atoms with Gasteiger partial charge in [0.15, 0.2) is 0 Å². The summed E-state index contributed by atoms with van der Waals surface area (Å²) in [6.07, 6.45) is 3.74. The molecule has 0 aliphatic carbocycles. The van der Waals surface area contributed by atoms with Crippen LogP contribution in [0.1, 0.15) is 31.8 Å². The number of thiophene rings is 1. The van der Waals surface area contributed by atoms with Gasteiger partial charge in [-0.3, -0.25) is 14.2 Å². The van der Waals surface area contributed by atoms with E-state index in [1.54, 1.807) is 0 Å². The number of carbonyl (C=O) groups is 3. The van der Waals surface area contributed by atoms with E-state index in [9.17, 15) is 29.4 Å². The molecule has 1 unspecified atom stereocenters. The fraction of sp³-hybridized carbons (Fsp3) is 0.222. The Balaban J connectivity index is 1.68. The van der Waals surface area contributed by atoms with E-state index in [0.29, 0.717) is 16.1 Å². The van der Waals surface area contributed by atoms with Crippen LogP contribution in [0.25, 0.3) is 6.08 Å². The largest absolute Gasteiger partial charge is 0.493 e. The van der Waals surface area contributed by atoms with Crippen molar-refractivity contribution in [1.29, 1.82) is 0 Å². The van der Waals surface area contributed by atoms with Crippen molar-refractivity contribution >= 4 is 64.1 Å². The summed E-state index contributed by atoms with van der Waals surface area (Å²) in [6.45, 7) is 0.0311. The number of thiazole rings is 1. The molecule has 0 aromatic carbocycles. The molecule has 4 heterocycles. The van der Waals surface area contributed by atoms with Gasteiger partial charge < -0.3 is 25.4 Å². The smallest absolute Gasteiger partial charge is 0.394 e. The van der Waals surface area contributed by atoms with Gasteiger partial charge in [-0.1, -0.05) is 11.3 Å². The Morgan fingerprint density at radius 3 is 2.75 bits per heavy atom. The van der Waals surface area contributed by atoms with E-state index in [-0.39, 0.29) is 40.9 Å². The van der Waals surface area contributed by atoms with Crippen LogP contribution in [-0.4, -0.2) is 56.9 Å². The number of aromatic hydroxyl groups is 1. The predicted molar refractivity (Wildman–Crippen MR) is 115 cm³/mol. The molecule has 0 radical (unpaired) electrons. The average Bonchev–Trinajstić information content (AvgIpc) is 3.43. The van der Waals surface area contributed by atoms with E-state index in [0.717, 1.165) is 27.2 Å². The summed E-state index contributed by atoms with van der Waals surface area (Å²) in [5.74, 6) is -4.75. The lowest BCUT2D eigenvalue weighted by Crippen LogP contribution is -2.24. The first-order valence-corrected chi connectivity index (χ1v) is 10.6. The molecule has 0 bridgehead atoms. The standard InChI is InChI=1S/C18H14N4O8S2/c23-13(17(27)28)21-14-11(16(25)26)8-1-2-30-9(12(8)32-14)5-22-15(24)10(31-18(22)29)3-7-4-19-6-20-7/h3-4,6,9,24H,1-2,5H2,(H,21,23)(H,25,26)(H,27,28)/b7-3-. The SMILES string of the molecule is O=C(O)C(=O)Nc1sc2c(c1C(=O)O)CCOC2Cn1c(O)c(/C=C2/C=NC=N2)sc1=O. The third-order valence-corrected chi connectivity index (χ3v) is 6.79. The molecule has 32 heavy (non-hydrogen) atoms. The summed E-state index contributed by atoms with van der Waals surface area (Å²) in [5.41, 5.74) is 0.646. The lowest BCUT2D eigenvalue weighted by atomic mass is 10.0. The summed E-state index contributed by atoms with van der Waals surface area (Å²) in [7, 11) is 0. The van der Waals surface area contributed by atoms with Crippen LogP contribution in [0, 0.1) is 0 Å². The number of carbonyl (C=O) groups excluding carboxylic acids is 1. The number of carboxylic acid groups (broad SMARTS) is 2. The number of anilines is 1. The van der Waals surface area contributed by atoms with Gasteiger partial charge in [0.1, 0.15) is 17.4 Å². The molecule has 2 aromatic rings. The molecule has 0 saturated carbocycles. The number of hydrogen-bond acceptors (Lipinski definition) is 10. The molecule has 2 aliphatic heterocycles. The van der Waals surface area contributed by atoms with Crippen LogP contribution in [0.4, 0.5) is 5.00 Å². The molecule has 0 fully saturated rings. The molecule has 12 nitrogen and oxygen atoms in total. The minimum Gasteiger partial charge on any atom is -0.493 e. The van der Waals surface area contributed by atoms with E-state index in [1.165, 1.54) is 18.6 Å². The van der Waals surface area contributed by atoms with Crippen LogP contribution >= 0.6 is 22.7 Å². The first-order valence-electron chi connectivity index (χ1n) is 9.01. The van der Waals surface area contributed by atoms with Gasteiger partial charge in [-0.2, -0.15) is 0 Å². The Hall–Kier alpha value is -3.62. The van der Waals surface area contributed by atoms with Crippen molar-refractivity contribution in [2.24, 2.45) is 9.98 Å². The Morgan fingerprint density at radius 2 is 2.09 bits per heavy atom. The van der Waals surface area contributed by atoms with Gasteiger partial charge in [0, 0.05) is 4.88 Å². The number of amides is 1. The number of fused-ring (bicyclic) bond motifs is 1. The number of aromatic carboxylic acids is 1. The maximum Gasteiger partial charge on any atom is 0.394 e. The normalized spacial score (nSPS) is 18.1. The number of aromatic nitrogens is 1. The number of nitrogens with one attached hydrogen (secondary N) is 1. The molecule has 4 N–H and O–H groups in total. The molecule has 14 heteroatoms. The van der Waals surface area contributed by atoms with Crippen molar-refractivity contribution in [2.45, 2.75) is 19.1 Å². The Morgan fingerprint density at radius 1 is 1.31 bits per heavy atom. The number of nitrogens with zero attached hydrogens (tertiary/aromatic N) is 3. The number of allylic oxidation sites excluding steroid dienone is 1. The van der Waals surface area contributed by atoms with Gasteiger partial charge >= 0.3 is 22.7 Å². The summed E-state index contributed by atoms with van der Waals surface area (Å²) in [5, 5.41) is 30.9. The van der Waals surface area contributed by atoms with Crippen LogP contribution in [0.2, 0.25) is 0 Å². The van der Waals surface area contributed by atoms with Crippen molar-refractivity contribution in [1.82, 2.24) is 4.57 Å². The fourth-order valence-corrected chi connectivity index (χ4v) is 5.38. The second-order valence-corrected chi connectivity index (χ2v) is 8.63. The molecule has 1 amide bonds. The quantitative estimate of drug-likeness (QED) is 0.462. The first-order chi connectivity index (χ1) is 15.3. The molecular weight excluding hydrogens is 464 g/mol. The lowest BCUT2D eigenvalue weighted by molar-refractivity contribution is -0.147. The van der Waals surface area contributed by atoms with Crippen LogP contribution in [0.3, 0.4) is 0 Å². The van der Waals surface area contributed by atoms with Crippen LogP contribution in [0.5, 0.6) is 5.88 Å². The zero-order valence-electron chi connectivity index (χ0n) is 16.0. The van der Waals surface area contributed by atoms with Gasteiger partial charge in [0.2, 0.25) is 5.88 Å². The lowest BCUT2D eigenvalue weighted by Gasteiger charge is -2.23. The van der Waals surface area contributed by atoms with Gasteiger partial charge in [-0.05, 0) is 18.1 Å². The van der Waals surface area contributed by atoms with Crippen molar-refractivity contribution < 1.29 is 34.4 Å². The highest BCUT2D eigenvalue weighted by molar-refractivity contribution is 7.17. The Kier molecular flexibility index (Phi) is 5.73. The number of rotatable bonds is 5. The van der Waals surface area contributed by atoms with Gasteiger partial charge in [-0.15, -0.1) is 11.3 Å². The number of aliphatic imine (C=N–C) groups is 2. The Bertz CT molecular complexity index is 1270. The van der Waals surface area contributed by atoms with Crippen LogP contribution in [-0.2, 0) is 27.3 Å². The molecule has 2 aliphatic rings. The minimum absolute atomic E-state index is 0.111. The zero-order valence-corrected chi connectivity index (χ0v) is 17.6. The highest BCUT2D eigenvalue weighted by Crippen LogP contribution is 2.42. The van der Waals surface area contributed by atoms with Crippen molar-refractivity contribution in [2.75, 3.05) is 11.9 Å². The van der Waals surface area contributed by atoms with E-state index in [2.05, 4.69) is 15.3 Å². The maximum absolute atomic E-state index is 12.5. The minimum atomic E-state index is -1.76. The molecular formula is C18H14N4O8S2. The van der Waals surface area contributed by atoms with Crippen LogP contribution in [0.15, 0.2) is 20.5 Å². The fourth-order valence-electron chi connectivity index (χ4n) is 3.26. The average molecular weight is 478 g/mol. The number of hydrogen-bond donors (Lipinski definition) is 4. The monoisotopic (exact) mass is 478 g/mol. The molecule has 2 aromatic heterocycles. The van der Waals surface area contributed by atoms with Crippen molar-refractivity contribution in [3.63, 3.8) is 0 Å². The molecule has 1 atom stereocenters. The van der Waals surface area contributed by atoms with Crippen molar-refractivity contribution in [3.05, 3.63) is 36.2 Å². The third kappa shape index (κ3) is 3.98. The summed E-state index contributed by atoms with van der Waals surface area (Å²) in [6, 6.07) is 0. The second-order valence-electron chi connectivity index (χ2n) is 6.58. The van der Waals surface area contributed by atoms with E-state index in [1.807, 2.05) is 0 Å². The third-order valence-electron chi connectivity index (χ3n) is 4.64. The zero-order chi connectivity index (χ0) is 23.0. The molecule has 0 spiro atoms. The highest BCUT2D eigenvalue weighted by Gasteiger charge is 2.33. The number of aliphatic carboxylic acids is 1. The summed E-state index contributed by atoms with van der Waals surface area (Å²) in [4.78, 5) is 54.7. The molecule has 166 valence electrons. The van der Waals surface area contributed by atoms with Gasteiger partial charge in [-0.25, -0.2) is 19.6 Å². The van der Waals surface area contributed by atoms with Crippen molar-refractivity contribution in [3.8, 4) is 5.88 Å². The molecule has 0 saturated heterocycles. The number of ether oxygens (including phenoxy) is 1. The number of carboxylic acids is 2. The molecule has 4 rings (SSSR count). The van der Waals surface area contributed by atoms with Gasteiger partial charge in [0.05, 0.1) is 35.5 Å². The predicted octanol–water partition coefficient (Wildman–Crippen LogP) is 1.17. The highest BCUT2D eigenvalue weighted by atomic mass is 32.1. The van der Waals surface area contributed by atoms with E-state index in [4.69, 9.17) is 9.84 Å². The summed E-state index contributed by atoms with van der Waals surface area (Å²) >= 11 is 1.66. The van der Waals surface area contributed by atoms with Crippen LogP contribution < -0.4 is 10.2 Å². The van der Waals surface area contributed by atoms with Gasteiger partial charge in [0.25, 0.3) is 0 Å². The summed E-state index contributed by atoms with van der Waals surface area (Å²) < 4.78 is 6.82. The Labute approximate surface area is 186 Å². The van der Waals surface area contributed by atoms with E-state index >= 15 is 0 Å². The van der Waals surface area contributed by atoms with E-state index < -0.39 is 28.8 Å². The second kappa shape index (κ2) is 8.49.